The Balaban J connectivity index is -0.0000000524. The second kappa shape index (κ2) is 22.0. The number of hydrogen-bond acceptors (Lipinski definition) is 21. The maximum atomic E-state index is 9.32. The molecule has 0 rings (SSSR count). The molecule has 4 radical (unpaired) electrons. The summed E-state index contributed by atoms with van der Waals surface area (Å²) in [4.78, 5) is 112. The van der Waals surface area contributed by atoms with Crippen LogP contribution in [0.1, 0.15) is 0 Å². The van der Waals surface area contributed by atoms with Crippen LogP contribution in [0.2, 0.25) is 0 Å². The van der Waals surface area contributed by atoms with Gasteiger partial charge in [0.1, 0.15) is 0 Å². The molecular formula is Ce4O21P6. The smallest absolute Gasteiger partial charge is 0.790 e. The van der Waals surface area contributed by atoms with Gasteiger partial charge in [0.05, 0.1) is 46.9 Å². The van der Waals surface area contributed by atoms with Crippen molar-refractivity contribution in [1.29, 1.82) is 0 Å². The Kier molecular flexibility index (Phi) is 38.0. The van der Waals surface area contributed by atoms with Gasteiger partial charge in [-0.05, 0) is 0 Å². The van der Waals surface area contributed by atoms with Crippen molar-refractivity contribution in [2.24, 2.45) is 0 Å². The molecule has 0 fully saturated rings. The minimum absolute atomic E-state index is 0. The van der Waals surface area contributed by atoms with Crippen LogP contribution >= 0.6 is 46.9 Å². The van der Waals surface area contributed by atoms with Crippen LogP contribution < -0.4 is 58.7 Å². The monoisotopic (exact) mass is 1080 g/mol. The van der Waals surface area contributed by atoms with E-state index in [1.54, 1.807) is 0 Å². The van der Waals surface area contributed by atoms with Crippen LogP contribution in [0.5, 0.6) is 0 Å². The Bertz CT molecular complexity index is 559. The predicted molar refractivity (Wildman–Crippen MR) is 48.9 cm³/mol. The molecule has 31 heavy (non-hydrogen) atoms. The molecule has 0 aliphatic heterocycles. The maximum absolute atomic E-state index is 9.32. The number of rotatable bonds is 6. The summed E-state index contributed by atoms with van der Waals surface area (Å²) in [5, 5.41) is 0. The third-order valence-electron chi connectivity index (χ3n) is 0.600. The molecule has 0 unspecified atom stereocenters. The van der Waals surface area contributed by atoms with Crippen molar-refractivity contribution < 1.29 is 266 Å². The van der Waals surface area contributed by atoms with E-state index in [4.69, 9.17) is 0 Å². The van der Waals surface area contributed by atoms with E-state index in [9.17, 15) is 86.1 Å². The van der Waals surface area contributed by atoms with E-state index in [-0.39, 0.29) is 167 Å². The van der Waals surface area contributed by atoms with Gasteiger partial charge in [-0.25, -0.2) is 0 Å². The van der Waals surface area contributed by atoms with Crippen molar-refractivity contribution in [2.75, 3.05) is 0 Å². The molecule has 0 bridgehead atoms. The third kappa shape index (κ3) is 72.3. The molecule has 0 aliphatic rings. The summed E-state index contributed by atoms with van der Waals surface area (Å²) in [7, 11) is -34.1. The molecule has 0 N–H and O–H groups in total. The fraction of sp³-hybridized carbons (Fsp3) is 0. The molecule has 0 aliphatic carbocycles. The van der Waals surface area contributed by atoms with Gasteiger partial charge in [0, 0.05) is 0 Å². The molecule has 0 aromatic carbocycles. The normalized spacial score (nSPS) is 12.0. The van der Waals surface area contributed by atoms with Crippen LogP contribution in [0.15, 0.2) is 0 Å². The van der Waals surface area contributed by atoms with Crippen LogP contribution in [-0.4, -0.2) is 0 Å². The summed E-state index contributed by atoms with van der Waals surface area (Å²) < 4.78 is 63.5. The third-order valence-corrected chi connectivity index (χ3v) is 5.40. The quantitative estimate of drug-likeness (QED) is 0.223. The van der Waals surface area contributed by atoms with Gasteiger partial charge in [0.15, 0.2) is 0 Å². The Hall–Kier alpha value is 6.29. The van der Waals surface area contributed by atoms with E-state index in [1.165, 1.54) is 0 Å². The van der Waals surface area contributed by atoms with Crippen LogP contribution in [0.4, 0.5) is 0 Å². The van der Waals surface area contributed by atoms with Gasteiger partial charge in [0.2, 0.25) is 0 Å². The first-order valence-electron chi connectivity index (χ1n) is 4.38. The molecule has 172 valence electrons. The topological polar surface area (TPSA) is 407 Å². The Labute approximate surface area is 306 Å². The van der Waals surface area contributed by atoms with Crippen LogP contribution in [-0.2, 0) is 40.3 Å². The summed E-state index contributed by atoms with van der Waals surface area (Å²) in [6.07, 6.45) is 0. The molecule has 0 spiro atoms. The van der Waals surface area contributed by atoms with Gasteiger partial charge < -0.3 is 99.0 Å². The fourth-order valence-electron chi connectivity index (χ4n) is 0.367. The fourth-order valence-corrected chi connectivity index (χ4v) is 3.31. The zero-order chi connectivity index (χ0) is 23.1. The molecule has 31 heteroatoms. The van der Waals surface area contributed by atoms with Gasteiger partial charge in [-0.2, -0.15) is 0 Å². The van der Waals surface area contributed by atoms with Gasteiger partial charge in [0.25, 0.3) is 0 Å². The van der Waals surface area contributed by atoms with E-state index in [0.29, 0.717) is 0 Å². The molecule has 0 atom stereocenters. The molecule has 0 saturated heterocycles. The molecule has 0 aromatic rings. The summed E-state index contributed by atoms with van der Waals surface area (Å²) in [6, 6.07) is 0. The Morgan fingerprint density at radius 1 is 0.290 bits per heavy atom. The number of phosphoric acid groups is 6. The van der Waals surface area contributed by atoms with E-state index < -0.39 is 46.9 Å². The standard InChI is InChI=1S/4Ce.3H4O7P2/c;;;;3*1-8(2,3)7-9(4,5)6/h;;;;3*(H2,1,2,3)(H2,4,5,6)/q4*+3;;;/p-12. The van der Waals surface area contributed by atoms with E-state index in [1.807, 2.05) is 0 Å². The second-order valence-electron chi connectivity index (χ2n) is 2.93. The first-order valence-corrected chi connectivity index (χ1v) is 13.1. The van der Waals surface area contributed by atoms with Crippen molar-refractivity contribution in [1.82, 2.24) is 0 Å². The summed E-state index contributed by atoms with van der Waals surface area (Å²) in [5.41, 5.74) is 0. The van der Waals surface area contributed by atoms with Crippen LogP contribution in [0.25, 0.3) is 0 Å². The average Bonchev–Trinajstić information content (AvgIpc) is 1.96. The molecular weight excluding hydrogens is 1080 g/mol. The number of hydrogen-bond donors (Lipinski definition) is 0. The van der Waals surface area contributed by atoms with Crippen molar-refractivity contribution in [3.63, 3.8) is 0 Å². The Morgan fingerprint density at radius 3 is 0.355 bits per heavy atom. The zero-order valence-electron chi connectivity index (χ0n) is 13.3. The summed E-state index contributed by atoms with van der Waals surface area (Å²) in [5.74, 6) is 0. The minimum atomic E-state index is -5.68. The van der Waals surface area contributed by atoms with E-state index in [0.717, 1.165) is 0 Å². The molecule has 0 aromatic heterocycles. The first-order chi connectivity index (χ1) is 11.1. The molecule has 21 nitrogen and oxygen atoms in total. The van der Waals surface area contributed by atoms with Gasteiger partial charge in [-0.3, -0.25) is 0 Å². The van der Waals surface area contributed by atoms with Crippen LogP contribution in [0, 0.1) is 167 Å². The average molecular weight is 1080 g/mol. The van der Waals surface area contributed by atoms with Gasteiger partial charge >= 0.3 is 167 Å². The van der Waals surface area contributed by atoms with Crippen LogP contribution in [0.3, 0.4) is 0 Å². The minimum Gasteiger partial charge on any atom is -0.790 e. The molecule has 0 amide bonds. The SMILES string of the molecule is O=P([O-])([O-])OP(=O)([O-])[O-].O=P([O-])([O-])OP(=O)([O-])[O-].O=P([O-])([O-])OP(=O)([O-])[O-].[Ce+3].[Ce+3].[Ce+3].[Ce+3]. The Morgan fingerprint density at radius 2 is 0.355 bits per heavy atom. The summed E-state index contributed by atoms with van der Waals surface area (Å²) in [6.45, 7) is 0. The predicted octanol–water partition coefficient (Wildman–Crippen LogP) is -10.0. The van der Waals surface area contributed by atoms with Crippen molar-refractivity contribution in [2.45, 2.75) is 0 Å². The van der Waals surface area contributed by atoms with Crippen molar-refractivity contribution in [3.8, 4) is 0 Å². The van der Waals surface area contributed by atoms with E-state index >= 15 is 0 Å². The van der Waals surface area contributed by atoms with Gasteiger partial charge in [-0.1, -0.05) is 0 Å². The zero-order valence-corrected chi connectivity index (χ0v) is 31.2. The first kappa shape index (κ1) is 53.5. The van der Waals surface area contributed by atoms with Gasteiger partial charge in [-0.15, -0.1) is 0 Å². The molecule has 0 heterocycles. The van der Waals surface area contributed by atoms with Crippen molar-refractivity contribution in [3.05, 3.63) is 0 Å². The maximum Gasteiger partial charge on any atom is 3.00 e. The molecule has 0 saturated carbocycles. The summed E-state index contributed by atoms with van der Waals surface area (Å²) >= 11 is 0. The van der Waals surface area contributed by atoms with E-state index in [2.05, 4.69) is 12.9 Å². The second-order valence-corrected chi connectivity index (χ2v) is 10.3. The van der Waals surface area contributed by atoms with Crippen molar-refractivity contribution >= 4 is 46.9 Å². The largest absolute Gasteiger partial charge is 3.00 e.